The van der Waals surface area contributed by atoms with Gasteiger partial charge in [0.25, 0.3) is 5.56 Å². The summed E-state index contributed by atoms with van der Waals surface area (Å²) in [6, 6.07) is 2.52. The Hall–Kier alpha value is -4.83. The van der Waals surface area contributed by atoms with Crippen LogP contribution in [0.25, 0.3) is 27.8 Å². The standard InChI is InChI=1S/C22H16F5N9O3/c23-21(24)9-34(8-16(21)39-17-4-14-11(5-29-17)6-31-36(14)10-22(25,26)27)15-3-13(33-35-2-1-28-18(15)35)12-7-30-20(38)32-19(12)37/h1-7,16H,8-10H2,(H2,30,32,37,38)/t16-/m0/s1. The van der Waals surface area contributed by atoms with Crippen LogP contribution in [0.15, 0.2) is 52.7 Å². The van der Waals surface area contributed by atoms with E-state index in [9.17, 15) is 22.8 Å². The molecular weight excluding hydrogens is 533 g/mol. The third-order valence-electron chi connectivity index (χ3n) is 6.13. The van der Waals surface area contributed by atoms with Crippen molar-refractivity contribution in [3.63, 3.8) is 0 Å². The van der Waals surface area contributed by atoms with Gasteiger partial charge in [-0.05, 0) is 6.07 Å². The number of aromatic nitrogens is 8. The van der Waals surface area contributed by atoms with Crippen LogP contribution >= 0.6 is 0 Å². The number of aromatic amines is 2. The Balaban J connectivity index is 1.32. The third-order valence-corrected chi connectivity index (χ3v) is 6.13. The number of H-pyrrole nitrogens is 2. The second-order valence-corrected chi connectivity index (χ2v) is 8.84. The Morgan fingerprint density at radius 2 is 1.97 bits per heavy atom. The van der Waals surface area contributed by atoms with E-state index < -0.39 is 42.5 Å². The van der Waals surface area contributed by atoms with Crippen molar-refractivity contribution in [1.82, 2.24) is 39.3 Å². The van der Waals surface area contributed by atoms with Gasteiger partial charge in [0.2, 0.25) is 5.88 Å². The molecule has 1 aliphatic rings. The number of imidazole rings is 1. The molecule has 0 bridgehead atoms. The fourth-order valence-corrected chi connectivity index (χ4v) is 4.39. The van der Waals surface area contributed by atoms with Crippen LogP contribution in [0, 0.1) is 0 Å². The molecule has 0 aliphatic carbocycles. The Bertz CT molecular complexity index is 1820. The van der Waals surface area contributed by atoms with Gasteiger partial charge in [-0.2, -0.15) is 23.4 Å². The molecule has 6 rings (SSSR count). The maximum Gasteiger partial charge on any atom is 0.408 e. The molecule has 5 aromatic rings. The minimum absolute atomic E-state index is 0.00169. The predicted molar refractivity (Wildman–Crippen MR) is 125 cm³/mol. The molecule has 5 aromatic heterocycles. The number of pyridine rings is 1. The fourth-order valence-electron chi connectivity index (χ4n) is 4.39. The van der Waals surface area contributed by atoms with Crippen molar-refractivity contribution >= 4 is 22.2 Å². The average Bonchev–Trinajstić information content (AvgIpc) is 3.55. The van der Waals surface area contributed by atoms with Crippen LogP contribution in [0.5, 0.6) is 5.88 Å². The molecule has 1 saturated heterocycles. The van der Waals surface area contributed by atoms with Gasteiger partial charge in [-0.25, -0.2) is 28.1 Å². The van der Waals surface area contributed by atoms with E-state index in [1.165, 1.54) is 40.3 Å². The molecule has 0 unspecified atom stereocenters. The van der Waals surface area contributed by atoms with Crippen LogP contribution in [0.1, 0.15) is 0 Å². The van der Waals surface area contributed by atoms with E-state index in [-0.39, 0.29) is 45.9 Å². The molecule has 2 N–H and O–H groups in total. The van der Waals surface area contributed by atoms with Crippen LogP contribution in [-0.2, 0) is 6.54 Å². The first kappa shape index (κ1) is 24.5. The maximum absolute atomic E-state index is 15.1. The van der Waals surface area contributed by atoms with Gasteiger partial charge in [-0.1, -0.05) is 0 Å². The Morgan fingerprint density at radius 3 is 2.74 bits per heavy atom. The molecule has 0 radical (unpaired) electrons. The monoisotopic (exact) mass is 549 g/mol. The molecule has 0 amide bonds. The number of halogens is 5. The normalized spacial score (nSPS) is 17.4. The first-order valence-electron chi connectivity index (χ1n) is 11.3. The van der Waals surface area contributed by atoms with Gasteiger partial charge < -0.3 is 14.6 Å². The highest BCUT2D eigenvalue weighted by atomic mass is 19.4. The van der Waals surface area contributed by atoms with Gasteiger partial charge in [-0.15, -0.1) is 0 Å². The fraction of sp³-hybridized carbons (Fsp3) is 0.273. The lowest BCUT2D eigenvalue weighted by Crippen LogP contribution is -2.36. The molecule has 0 aromatic carbocycles. The first-order valence-corrected chi connectivity index (χ1v) is 11.3. The van der Waals surface area contributed by atoms with Crippen molar-refractivity contribution in [2.45, 2.75) is 24.7 Å². The number of nitrogens with zero attached hydrogens (tertiary/aromatic N) is 7. The molecule has 0 saturated carbocycles. The van der Waals surface area contributed by atoms with Gasteiger partial charge in [0.05, 0.1) is 36.1 Å². The summed E-state index contributed by atoms with van der Waals surface area (Å²) in [5.41, 5.74) is -0.890. The lowest BCUT2D eigenvalue weighted by Gasteiger charge is -2.19. The number of nitrogens with one attached hydrogen (secondary N) is 2. The van der Waals surface area contributed by atoms with E-state index in [2.05, 4.69) is 30.1 Å². The van der Waals surface area contributed by atoms with Gasteiger partial charge >= 0.3 is 17.8 Å². The van der Waals surface area contributed by atoms with Crippen LogP contribution < -0.4 is 20.9 Å². The van der Waals surface area contributed by atoms with E-state index in [1.54, 1.807) is 0 Å². The second kappa shape index (κ2) is 8.60. The summed E-state index contributed by atoms with van der Waals surface area (Å²) >= 11 is 0. The smallest absolute Gasteiger partial charge is 0.408 e. The zero-order valence-corrected chi connectivity index (χ0v) is 19.5. The molecule has 6 heterocycles. The summed E-state index contributed by atoms with van der Waals surface area (Å²) in [6.45, 7) is -2.50. The van der Waals surface area contributed by atoms with Crippen LogP contribution in [0.2, 0.25) is 0 Å². The highest BCUT2D eigenvalue weighted by Gasteiger charge is 2.51. The first-order chi connectivity index (χ1) is 18.5. The number of ether oxygens (including phenoxy) is 1. The largest absolute Gasteiger partial charge is 0.466 e. The van der Waals surface area contributed by atoms with Crippen LogP contribution in [-0.4, -0.2) is 70.6 Å². The number of anilines is 1. The Kier molecular flexibility index (Phi) is 5.40. The SMILES string of the molecule is O=c1[nH]cc(-c2cc(N3C[C@H](Oc4cc5c(cn4)cnn5CC(F)(F)F)C(F)(F)C3)c3nccn3n2)c(=O)[nH]1. The summed E-state index contributed by atoms with van der Waals surface area (Å²) in [5.74, 6) is -3.69. The molecule has 0 spiro atoms. The molecule has 1 atom stereocenters. The van der Waals surface area contributed by atoms with Gasteiger partial charge in [0, 0.05) is 36.2 Å². The number of hydrogen-bond donors (Lipinski definition) is 2. The zero-order valence-electron chi connectivity index (χ0n) is 19.5. The maximum atomic E-state index is 15.1. The minimum atomic E-state index is -4.54. The molecule has 39 heavy (non-hydrogen) atoms. The molecule has 17 heteroatoms. The molecule has 202 valence electrons. The number of alkyl halides is 5. The van der Waals surface area contributed by atoms with E-state index >= 15 is 8.78 Å². The van der Waals surface area contributed by atoms with Crippen molar-refractivity contribution in [1.29, 1.82) is 0 Å². The molecule has 12 nitrogen and oxygen atoms in total. The molecule has 1 aliphatic heterocycles. The van der Waals surface area contributed by atoms with Gasteiger partial charge in [0.1, 0.15) is 12.2 Å². The third kappa shape index (κ3) is 4.55. The number of fused-ring (bicyclic) bond motifs is 2. The highest BCUT2D eigenvalue weighted by molar-refractivity contribution is 5.78. The lowest BCUT2D eigenvalue weighted by atomic mass is 10.2. The highest BCUT2D eigenvalue weighted by Crippen LogP contribution is 2.36. The Labute approximate surface area is 212 Å². The number of hydrogen-bond acceptors (Lipinski definition) is 8. The predicted octanol–water partition coefficient (Wildman–Crippen LogP) is 1.98. The lowest BCUT2D eigenvalue weighted by molar-refractivity contribution is -0.141. The summed E-state index contributed by atoms with van der Waals surface area (Å²) in [7, 11) is 0. The summed E-state index contributed by atoms with van der Waals surface area (Å²) < 4.78 is 76.4. The van der Waals surface area contributed by atoms with Crippen molar-refractivity contribution < 1.29 is 26.7 Å². The van der Waals surface area contributed by atoms with E-state index in [0.717, 1.165) is 12.3 Å². The van der Waals surface area contributed by atoms with Gasteiger partial charge in [-0.3, -0.25) is 14.5 Å². The zero-order chi connectivity index (χ0) is 27.5. The van der Waals surface area contributed by atoms with Crippen LogP contribution in [0.4, 0.5) is 27.6 Å². The van der Waals surface area contributed by atoms with Gasteiger partial charge in [0.15, 0.2) is 11.8 Å². The van der Waals surface area contributed by atoms with E-state index in [1.807, 2.05) is 0 Å². The minimum Gasteiger partial charge on any atom is -0.466 e. The topological polar surface area (TPSA) is 139 Å². The molecular formula is C22H16F5N9O3. The van der Waals surface area contributed by atoms with Crippen molar-refractivity contribution in [3.8, 4) is 17.1 Å². The second-order valence-electron chi connectivity index (χ2n) is 8.84. The molecule has 1 fully saturated rings. The van der Waals surface area contributed by atoms with E-state index in [0.29, 0.717) is 4.68 Å². The van der Waals surface area contributed by atoms with Crippen molar-refractivity contribution in [2.24, 2.45) is 0 Å². The van der Waals surface area contributed by atoms with Crippen LogP contribution in [0.3, 0.4) is 0 Å². The average molecular weight is 549 g/mol. The number of rotatable bonds is 5. The quantitative estimate of drug-likeness (QED) is 0.318. The summed E-state index contributed by atoms with van der Waals surface area (Å²) in [6.07, 6.45) is 0.153. The summed E-state index contributed by atoms with van der Waals surface area (Å²) in [5, 5.41) is 8.25. The summed E-state index contributed by atoms with van der Waals surface area (Å²) in [4.78, 5) is 37.6. The Morgan fingerprint density at radius 1 is 1.15 bits per heavy atom. The van der Waals surface area contributed by atoms with E-state index in [4.69, 9.17) is 4.74 Å². The van der Waals surface area contributed by atoms with Crippen molar-refractivity contribution in [2.75, 3.05) is 18.0 Å². The van der Waals surface area contributed by atoms with Crippen molar-refractivity contribution in [3.05, 3.63) is 64.0 Å².